The summed E-state index contributed by atoms with van der Waals surface area (Å²) >= 11 is 0. The van der Waals surface area contributed by atoms with Crippen LogP contribution in [0.5, 0.6) is 5.75 Å². The molecule has 2 aliphatic heterocycles. The van der Waals surface area contributed by atoms with Gasteiger partial charge in [0.25, 0.3) is 0 Å². The second-order valence-corrected chi connectivity index (χ2v) is 5.30. The quantitative estimate of drug-likeness (QED) is 0.861. The molecule has 1 fully saturated rings. The molecule has 3 heteroatoms. The van der Waals surface area contributed by atoms with Crippen LogP contribution in [0.25, 0.3) is 0 Å². The van der Waals surface area contributed by atoms with Crippen LogP contribution < -0.4 is 10.1 Å². The second-order valence-electron chi connectivity index (χ2n) is 5.30. The van der Waals surface area contributed by atoms with Crippen LogP contribution in [0.1, 0.15) is 24.0 Å². The van der Waals surface area contributed by atoms with Gasteiger partial charge in [-0.2, -0.15) is 0 Å². The highest BCUT2D eigenvalue weighted by Crippen LogP contribution is 2.30. The number of hydrogen-bond acceptors (Lipinski definition) is 3. The molecule has 0 saturated carbocycles. The van der Waals surface area contributed by atoms with Crippen LogP contribution in [0.15, 0.2) is 18.2 Å². The first-order valence-corrected chi connectivity index (χ1v) is 6.98. The van der Waals surface area contributed by atoms with E-state index >= 15 is 0 Å². The highest BCUT2D eigenvalue weighted by atomic mass is 16.5. The largest absolute Gasteiger partial charge is 0.496 e. The molecule has 0 unspecified atom stereocenters. The molecule has 3 nitrogen and oxygen atoms in total. The molecule has 0 bridgehead atoms. The zero-order valence-electron chi connectivity index (χ0n) is 11.1. The van der Waals surface area contributed by atoms with Gasteiger partial charge in [0, 0.05) is 24.7 Å². The summed E-state index contributed by atoms with van der Waals surface area (Å²) in [6, 6.07) is 7.20. The lowest BCUT2D eigenvalue weighted by Gasteiger charge is -2.38. The molecule has 1 N–H and O–H groups in total. The highest BCUT2D eigenvalue weighted by Gasteiger charge is 2.26. The maximum absolute atomic E-state index is 5.51. The lowest BCUT2D eigenvalue weighted by atomic mass is 9.95. The zero-order chi connectivity index (χ0) is 12.4. The third-order valence-electron chi connectivity index (χ3n) is 4.30. The standard InChI is InChI=1S/C15H22N2O/c1-18-15-4-2-3-12-7-10-17(11-14(12)15)13-5-8-16-9-6-13/h2-4,13,16H,5-11H2,1H3. The van der Waals surface area contributed by atoms with Crippen molar-refractivity contribution in [2.45, 2.75) is 31.8 Å². The van der Waals surface area contributed by atoms with Crippen molar-refractivity contribution in [3.8, 4) is 5.75 Å². The molecule has 2 aliphatic rings. The van der Waals surface area contributed by atoms with Crippen LogP contribution in [0.3, 0.4) is 0 Å². The van der Waals surface area contributed by atoms with Crippen LogP contribution in [0, 0.1) is 0 Å². The van der Waals surface area contributed by atoms with E-state index in [1.54, 1.807) is 7.11 Å². The molecule has 1 saturated heterocycles. The summed E-state index contributed by atoms with van der Waals surface area (Å²) in [6.07, 6.45) is 3.73. The summed E-state index contributed by atoms with van der Waals surface area (Å²) in [6.45, 7) is 4.59. The predicted octanol–water partition coefficient (Wildman–Crippen LogP) is 1.81. The van der Waals surface area contributed by atoms with Crippen molar-refractivity contribution in [2.75, 3.05) is 26.7 Å². The van der Waals surface area contributed by atoms with E-state index in [0.717, 1.165) is 24.8 Å². The average molecular weight is 246 g/mol. The second kappa shape index (κ2) is 5.29. The first kappa shape index (κ1) is 12.0. The van der Waals surface area contributed by atoms with Crippen molar-refractivity contribution >= 4 is 0 Å². The number of ether oxygens (including phenoxy) is 1. The minimum atomic E-state index is 0.754. The van der Waals surface area contributed by atoms with Gasteiger partial charge in [-0.25, -0.2) is 0 Å². The normalized spacial score (nSPS) is 21.6. The van der Waals surface area contributed by atoms with Crippen molar-refractivity contribution in [1.29, 1.82) is 0 Å². The molecule has 98 valence electrons. The molecule has 0 atom stereocenters. The number of fused-ring (bicyclic) bond motifs is 1. The zero-order valence-corrected chi connectivity index (χ0v) is 11.1. The van der Waals surface area contributed by atoms with Crippen molar-refractivity contribution in [1.82, 2.24) is 10.2 Å². The molecule has 1 aromatic rings. The number of hydrogen-bond donors (Lipinski definition) is 1. The van der Waals surface area contributed by atoms with Gasteiger partial charge in [0.1, 0.15) is 5.75 Å². The topological polar surface area (TPSA) is 24.5 Å². The maximum atomic E-state index is 5.51. The van der Waals surface area contributed by atoms with Crippen molar-refractivity contribution in [3.05, 3.63) is 29.3 Å². The Morgan fingerprint density at radius 3 is 2.89 bits per heavy atom. The first-order chi connectivity index (χ1) is 8.88. The fourth-order valence-corrected chi connectivity index (χ4v) is 3.25. The minimum absolute atomic E-state index is 0.754. The molecule has 2 heterocycles. The molecule has 0 spiro atoms. The summed E-state index contributed by atoms with van der Waals surface area (Å²) in [4.78, 5) is 2.64. The highest BCUT2D eigenvalue weighted by molar-refractivity contribution is 5.41. The molecule has 0 amide bonds. The molecule has 0 aliphatic carbocycles. The van der Waals surface area contributed by atoms with E-state index in [1.165, 1.54) is 43.6 Å². The Morgan fingerprint density at radius 2 is 2.11 bits per heavy atom. The van der Waals surface area contributed by atoms with Gasteiger partial charge in [0.05, 0.1) is 7.11 Å². The van der Waals surface area contributed by atoms with Crippen LogP contribution in [0.4, 0.5) is 0 Å². The molecule has 0 aromatic heterocycles. The van der Waals surface area contributed by atoms with Crippen molar-refractivity contribution < 1.29 is 4.74 Å². The Bertz CT molecular complexity index is 399. The molecular formula is C15H22N2O. The predicted molar refractivity (Wildman–Crippen MR) is 73.0 cm³/mol. The van der Waals surface area contributed by atoms with Gasteiger partial charge in [-0.05, 0) is 44.0 Å². The number of piperidine rings is 1. The number of nitrogens with zero attached hydrogens (tertiary/aromatic N) is 1. The van der Waals surface area contributed by atoms with Gasteiger partial charge in [0.2, 0.25) is 0 Å². The van der Waals surface area contributed by atoms with E-state index < -0.39 is 0 Å². The summed E-state index contributed by atoms with van der Waals surface area (Å²) in [5.74, 6) is 1.06. The van der Waals surface area contributed by atoms with E-state index in [9.17, 15) is 0 Å². The minimum Gasteiger partial charge on any atom is -0.496 e. The van der Waals surface area contributed by atoms with Crippen molar-refractivity contribution in [2.24, 2.45) is 0 Å². The van der Waals surface area contributed by atoms with Gasteiger partial charge < -0.3 is 10.1 Å². The Morgan fingerprint density at radius 1 is 1.28 bits per heavy atom. The Kier molecular flexibility index (Phi) is 3.52. The number of rotatable bonds is 2. The molecular weight excluding hydrogens is 224 g/mol. The van der Waals surface area contributed by atoms with E-state index in [1.807, 2.05) is 0 Å². The number of benzene rings is 1. The number of methoxy groups -OCH3 is 1. The van der Waals surface area contributed by atoms with Crippen LogP contribution in [-0.4, -0.2) is 37.7 Å². The average Bonchev–Trinajstić information content (AvgIpc) is 2.47. The molecule has 0 radical (unpaired) electrons. The lowest BCUT2D eigenvalue weighted by Crippen LogP contribution is -2.45. The van der Waals surface area contributed by atoms with Gasteiger partial charge in [-0.1, -0.05) is 12.1 Å². The SMILES string of the molecule is COc1cccc2c1CN(C1CCNCC1)CC2. The number of nitrogens with one attached hydrogen (secondary N) is 1. The maximum Gasteiger partial charge on any atom is 0.123 e. The Balaban J connectivity index is 1.79. The first-order valence-electron chi connectivity index (χ1n) is 6.98. The fraction of sp³-hybridized carbons (Fsp3) is 0.600. The molecule has 18 heavy (non-hydrogen) atoms. The summed E-state index contributed by atoms with van der Waals surface area (Å²) in [5.41, 5.74) is 2.88. The van der Waals surface area contributed by atoms with Gasteiger partial charge in [-0.3, -0.25) is 4.90 Å². The van der Waals surface area contributed by atoms with Crippen LogP contribution >= 0.6 is 0 Å². The lowest BCUT2D eigenvalue weighted by molar-refractivity contribution is 0.145. The monoisotopic (exact) mass is 246 g/mol. The summed E-state index contributed by atoms with van der Waals surface area (Å²) in [5, 5.41) is 3.44. The van der Waals surface area contributed by atoms with Gasteiger partial charge in [0.15, 0.2) is 0 Å². The van der Waals surface area contributed by atoms with E-state index in [4.69, 9.17) is 4.74 Å². The fourth-order valence-electron chi connectivity index (χ4n) is 3.25. The third-order valence-corrected chi connectivity index (χ3v) is 4.30. The van der Waals surface area contributed by atoms with E-state index in [0.29, 0.717) is 0 Å². The Hall–Kier alpha value is -1.06. The van der Waals surface area contributed by atoms with Crippen LogP contribution in [-0.2, 0) is 13.0 Å². The smallest absolute Gasteiger partial charge is 0.123 e. The molecule has 3 rings (SSSR count). The van der Waals surface area contributed by atoms with E-state index in [2.05, 4.69) is 28.4 Å². The van der Waals surface area contributed by atoms with Crippen LogP contribution in [0.2, 0.25) is 0 Å². The third kappa shape index (κ3) is 2.25. The summed E-state index contributed by atoms with van der Waals surface area (Å²) in [7, 11) is 1.78. The van der Waals surface area contributed by atoms with Gasteiger partial charge >= 0.3 is 0 Å². The van der Waals surface area contributed by atoms with Crippen molar-refractivity contribution in [3.63, 3.8) is 0 Å². The summed E-state index contributed by atoms with van der Waals surface area (Å²) < 4.78 is 5.51. The van der Waals surface area contributed by atoms with E-state index in [-0.39, 0.29) is 0 Å². The van der Waals surface area contributed by atoms with Gasteiger partial charge in [-0.15, -0.1) is 0 Å². The molecule has 1 aromatic carbocycles. The Labute approximate surface area is 109 Å².